The van der Waals surface area contributed by atoms with Crippen LogP contribution in [0.1, 0.15) is 44.0 Å². The summed E-state index contributed by atoms with van der Waals surface area (Å²) in [6.45, 7) is 5.37. The average Bonchev–Trinajstić information content (AvgIpc) is 2.93. The summed E-state index contributed by atoms with van der Waals surface area (Å²) in [5.41, 5.74) is 1.17. The number of nitrogens with zero attached hydrogens (tertiary/aromatic N) is 2. The first kappa shape index (κ1) is 16.2. The molecule has 4 nitrogen and oxygen atoms in total. The van der Waals surface area contributed by atoms with E-state index in [0.717, 1.165) is 36.1 Å². The van der Waals surface area contributed by atoms with Gasteiger partial charge in [-0.15, -0.1) is 0 Å². The number of hydrogen-bond acceptors (Lipinski definition) is 4. The monoisotopic (exact) mass is 351 g/mol. The molecule has 1 N–H and O–H groups in total. The highest BCUT2D eigenvalue weighted by molar-refractivity contribution is 9.10. The van der Waals surface area contributed by atoms with Crippen LogP contribution in [0.15, 0.2) is 33.3 Å². The van der Waals surface area contributed by atoms with E-state index in [0.29, 0.717) is 18.4 Å². The Balaban J connectivity index is 1.96. The predicted octanol–water partition coefficient (Wildman–Crippen LogP) is 3.74. The summed E-state index contributed by atoms with van der Waals surface area (Å²) in [7, 11) is 0. The molecular weight excluding hydrogens is 330 g/mol. The molecule has 1 aromatic heterocycles. The molecule has 0 saturated carbocycles. The van der Waals surface area contributed by atoms with E-state index in [1.54, 1.807) is 0 Å². The number of halogens is 1. The molecule has 1 atom stereocenters. The predicted molar refractivity (Wildman–Crippen MR) is 87.3 cm³/mol. The molecule has 0 radical (unpaired) electrons. The van der Waals surface area contributed by atoms with Gasteiger partial charge in [0.15, 0.2) is 5.82 Å². The topological polar surface area (TPSA) is 51.0 Å². The lowest BCUT2D eigenvalue weighted by Crippen LogP contribution is -2.31. The Labute approximate surface area is 134 Å². The van der Waals surface area contributed by atoms with Crippen molar-refractivity contribution in [2.24, 2.45) is 0 Å². The van der Waals surface area contributed by atoms with Crippen LogP contribution in [0.4, 0.5) is 0 Å². The zero-order valence-electron chi connectivity index (χ0n) is 12.6. The van der Waals surface area contributed by atoms with Gasteiger partial charge in [-0.25, -0.2) is 0 Å². The summed E-state index contributed by atoms with van der Waals surface area (Å²) >= 11 is 3.54. The van der Waals surface area contributed by atoms with Crippen LogP contribution in [0.2, 0.25) is 0 Å². The van der Waals surface area contributed by atoms with Gasteiger partial charge >= 0.3 is 0 Å². The zero-order chi connectivity index (χ0) is 15.1. The first-order valence-electron chi connectivity index (χ1n) is 7.51. The lowest BCUT2D eigenvalue weighted by Gasteiger charge is -2.13. The van der Waals surface area contributed by atoms with E-state index in [-0.39, 0.29) is 0 Å². The lowest BCUT2D eigenvalue weighted by atomic mass is 10.1. The third-order valence-corrected chi connectivity index (χ3v) is 4.19. The maximum Gasteiger partial charge on any atom is 0.228 e. The Morgan fingerprint density at radius 3 is 2.81 bits per heavy atom. The third-order valence-electron chi connectivity index (χ3n) is 3.41. The second-order valence-electron chi connectivity index (χ2n) is 5.14. The molecule has 0 aliphatic heterocycles. The summed E-state index contributed by atoms with van der Waals surface area (Å²) in [5.74, 6) is 1.45. The van der Waals surface area contributed by atoms with Gasteiger partial charge in [0.25, 0.3) is 0 Å². The van der Waals surface area contributed by atoms with E-state index in [9.17, 15) is 0 Å². The Hall–Kier alpha value is -1.20. The largest absolute Gasteiger partial charge is 0.339 e. The fourth-order valence-electron chi connectivity index (χ4n) is 2.18. The average molecular weight is 352 g/mol. The van der Waals surface area contributed by atoms with E-state index in [1.807, 2.05) is 18.2 Å². The van der Waals surface area contributed by atoms with Crippen molar-refractivity contribution in [1.29, 1.82) is 0 Å². The lowest BCUT2D eigenvalue weighted by molar-refractivity contribution is 0.350. The highest BCUT2D eigenvalue weighted by atomic mass is 79.9. The van der Waals surface area contributed by atoms with Crippen molar-refractivity contribution in [3.05, 3.63) is 46.0 Å². The van der Waals surface area contributed by atoms with Crippen LogP contribution in [-0.2, 0) is 12.8 Å². The van der Waals surface area contributed by atoms with Gasteiger partial charge in [0.05, 0.1) is 0 Å². The highest BCUT2D eigenvalue weighted by Gasteiger charge is 2.13. The van der Waals surface area contributed by atoms with Gasteiger partial charge < -0.3 is 9.84 Å². The summed E-state index contributed by atoms with van der Waals surface area (Å²) < 4.78 is 6.45. The van der Waals surface area contributed by atoms with Crippen molar-refractivity contribution in [2.75, 3.05) is 6.54 Å². The van der Waals surface area contributed by atoms with E-state index in [2.05, 4.69) is 51.3 Å². The molecule has 0 fully saturated rings. The summed E-state index contributed by atoms with van der Waals surface area (Å²) in [6, 6.07) is 8.51. The second-order valence-corrected chi connectivity index (χ2v) is 5.99. The quantitative estimate of drug-likeness (QED) is 0.786. The Bertz CT molecular complexity index is 556. The Kier molecular flexibility index (Phi) is 6.39. The fourth-order valence-corrected chi connectivity index (χ4v) is 2.60. The first-order chi connectivity index (χ1) is 10.2. The van der Waals surface area contributed by atoms with E-state index >= 15 is 0 Å². The van der Waals surface area contributed by atoms with E-state index in [1.165, 1.54) is 5.56 Å². The first-order valence-corrected chi connectivity index (χ1v) is 8.30. The van der Waals surface area contributed by atoms with Gasteiger partial charge in [-0.3, -0.25) is 0 Å². The van der Waals surface area contributed by atoms with Crippen molar-refractivity contribution in [3.8, 4) is 0 Å². The Morgan fingerprint density at radius 1 is 1.29 bits per heavy atom. The third kappa shape index (κ3) is 4.93. The van der Waals surface area contributed by atoms with Crippen LogP contribution in [0, 0.1) is 0 Å². The summed E-state index contributed by atoms with van der Waals surface area (Å²) in [4.78, 5) is 4.50. The molecule has 2 aromatic rings. The van der Waals surface area contributed by atoms with Gasteiger partial charge in [-0.2, -0.15) is 4.98 Å². The van der Waals surface area contributed by atoms with Crippen LogP contribution in [0.5, 0.6) is 0 Å². The maximum absolute atomic E-state index is 5.37. The minimum absolute atomic E-state index is 0.404. The van der Waals surface area contributed by atoms with Crippen LogP contribution >= 0.6 is 15.9 Å². The second kappa shape index (κ2) is 8.29. The van der Waals surface area contributed by atoms with Crippen LogP contribution < -0.4 is 5.32 Å². The SMILES string of the molecule is CCCNC(CC)Cc1nc(Cc2ccccc2Br)no1. The minimum Gasteiger partial charge on any atom is -0.339 e. The van der Waals surface area contributed by atoms with Crippen molar-refractivity contribution in [1.82, 2.24) is 15.5 Å². The molecule has 0 spiro atoms. The van der Waals surface area contributed by atoms with E-state index in [4.69, 9.17) is 4.52 Å². The highest BCUT2D eigenvalue weighted by Crippen LogP contribution is 2.18. The van der Waals surface area contributed by atoms with Crippen molar-refractivity contribution in [2.45, 2.75) is 45.6 Å². The van der Waals surface area contributed by atoms with Crippen molar-refractivity contribution in [3.63, 3.8) is 0 Å². The molecule has 114 valence electrons. The zero-order valence-corrected chi connectivity index (χ0v) is 14.2. The summed E-state index contributed by atoms with van der Waals surface area (Å²) in [6.07, 6.45) is 3.67. The molecule has 2 rings (SSSR count). The van der Waals surface area contributed by atoms with Crippen LogP contribution in [-0.4, -0.2) is 22.7 Å². The normalized spacial score (nSPS) is 12.5. The van der Waals surface area contributed by atoms with Crippen LogP contribution in [0.3, 0.4) is 0 Å². The molecule has 1 aromatic carbocycles. The molecular formula is C16H22BrN3O. The molecule has 0 amide bonds. The molecule has 21 heavy (non-hydrogen) atoms. The van der Waals surface area contributed by atoms with Crippen molar-refractivity contribution >= 4 is 15.9 Å². The fraction of sp³-hybridized carbons (Fsp3) is 0.500. The maximum atomic E-state index is 5.37. The van der Waals surface area contributed by atoms with Gasteiger partial charge in [-0.05, 0) is 31.0 Å². The molecule has 5 heteroatoms. The number of benzene rings is 1. The molecule has 0 aliphatic carbocycles. The number of rotatable bonds is 8. The summed E-state index contributed by atoms with van der Waals surface area (Å²) in [5, 5.41) is 7.59. The van der Waals surface area contributed by atoms with Gasteiger partial charge in [0.1, 0.15) is 0 Å². The molecule has 0 saturated heterocycles. The van der Waals surface area contributed by atoms with Gasteiger partial charge in [0, 0.05) is 23.4 Å². The molecule has 0 bridgehead atoms. The smallest absolute Gasteiger partial charge is 0.228 e. The Morgan fingerprint density at radius 2 is 2.10 bits per heavy atom. The number of nitrogens with one attached hydrogen (secondary N) is 1. The van der Waals surface area contributed by atoms with Gasteiger partial charge in [0.2, 0.25) is 5.89 Å². The van der Waals surface area contributed by atoms with Crippen LogP contribution in [0.25, 0.3) is 0 Å². The minimum atomic E-state index is 0.404. The molecule has 0 aliphatic rings. The number of hydrogen-bond donors (Lipinski definition) is 1. The van der Waals surface area contributed by atoms with Gasteiger partial charge in [-0.1, -0.05) is 53.1 Å². The van der Waals surface area contributed by atoms with Crippen molar-refractivity contribution < 1.29 is 4.52 Å². The van der Waals surface area contributed by atoms with E-state index < -0.39 is 0 Å². The number of aromatic nitrogens is 2. The standard InChI is InChI=1S/C16H22BrN3O/c1-3-9-18-13(4-2)11-16-19-15(20-21-16)10-12-7-5-6-8-14(12)17/h5-8,13,18H,3-4,9-11H2,1-2H3. The molecule has 1 heterocycles. The molecule has 1 unspecified atom stereocenters.